The average Bonchev–Trinajstić information content (AvgIpc) is 2.84. The maximum absolute atomic E-state index is 12.9. The summed E-state index contributed by atoms with van der Waals surface area (Å²) in [5.74, 6) is 0.213. The number of carbonyl (C=O) groups excluding carboxylic acids is 1. The number of amides is 1. The minimum Gasteiger partial charge on any atom is -0.399 e. The molecule has 2 aromatic rings. The van der Waals surface area contributed by atoms with Crippen LogP contribution in [-0.4, -0.2) is 17.4 Å². The first kappa shape index (κ1) is 15.6. The van der Waals surface area contributed by atoms with Crippen LogP contribution in [0, 0.1) is 0 Å². The smallest absolute Gasteiger partial charge is 0.227 e. The molecule has 23 heavy (non-hydrogen) atoms. The van der Waals surface area contributed by atoms with Crippen molar-refractivity contribution in [2.24, 2.45) is 0 Å². The number of hydrogen-bond donors (Lipinski definition) is 1. The van der Waals surface area contributed by atoms with Crippen LogP contribution in [0.4, 0.5) is 5.69 Å². The molecule has 2 aromatic carbocycles. The quantitative estimate of drug-likeness (QED) is 0.873. The van der Waals surface area contributed by atoms with Crippen LogP contribution in [0.1, 0.15) is 42.9 Å². The van der Waals surface area contributed by atoms with Crippen molar-refractivity contribution >= 4 is 11.6 Å². The lowest BCUT2D eigenvalue weighted by atomic mass is 10.00. The summed E-state index contributed by atoms with van der Waals surface area (Å²) in [6, 6.07) is 18.2. The zero-order valence-corrected chi connectivity index (χ0v) is 13.4. The van der Waals surface area contributed by atoms with E-state index in [2.05, 4.69) is 29.2 Å². The number of rotatable bonds is 3. The number of hydrogen-bond acceptors (Lipinski definition) is 2. The van der Waals surface area contributed by atoms with Crippen LogP contribution in [0.3, 0.4) is 0 Å². The number of nitrogens with zero attached hydrogens (tertiary/aromatic N) is 1. The maximum Gasteiger partial charge on any atom is 0.227 e. The highest BCUT2D eigenvalue weighted by Gasteiger charge is 2.26. The summed E-state index contributed by atoms with van der Waals surface area (Å²) in [6.07, 6.45) is 4.98. The van der Waals surface area contributed by atoms with Crippen molar-refractivity contribution < 1.29 is 4.79 Å². The van der Waals surface area contributed by atoms with Crippen LogP contribution in [-0.2, 0) is 11.2 Å². The molecule has 120 valence electrons. The van der Waals surface area contributed by atoms with Gasteiger partial charge in [0.2, 0.25) is 5.91 Å². The van der Waals surface area contributed by atoms with E-state index in [1.165, 1.54) is 18.4 Å². The second-order valence-electron chi connectivity index (χ2n) is 6.28. The number of nitrogen functional groups attached to an aromatic ring is 1. The Hall–Kier alpha value is -2.29. The van der Waals surface area contributed by atoms with Crippen molar-refractivity contribution in [2.45, 2.75) is 38.1 Å². The van der Waals surface area contributed by atoms with Gasteiger partial charge < -0.3 is 10.6 Å². The van der Waals surface area contributed by atoms with Gasteiger partial charge in [0, 0.05) is 12.2 Å². The second-order valence-corrected chi connectivity index (χ2v) is 6.28. The van der Waals surface area contributed by atoms with Gasteiger partial charge in [0.05, 0.1) is 12.5 Å². The zero-order chi connectivity index (χ0) is 16.1. The van der Waals surface area contributed by atoms with E-state index >= 15 is 0 Å². The van der Waals surface area contributed by atoms with E-state index in [1.54, 1.807) is 0 Å². The third-order valence-corrected chi connectivity index (χ3v) is 4.59. The maximum atomic E-state index is 12.9. The molecule has 0 bridgehead atoms. The van der Waals surface area contributed by atoms with Crippen molar-refractivity contribution in [1.29, 1.82) is 0 Å². The summed E-state index contributed by atoms with van der Waals surface area (Å²) in [4.78, 5) is 15.0. The van der Waals surface area contributed by atoms with E-state index in [0.717, 1.165) is 30.6 Å². The lowest BCUT2D eigenvalue weighted by Gasteiger charge is -2.30. The number of benzene rings is 2. The molecule has 2 N–H and O–H groups in total. The minimum absolute atomic E-state index is 0.208. The summed E-state index contributed by atoms with van der Waals surface area (Å²) in [7, 11) is 0. The first-order chi connectivity index (χ1) is 11.2. The summed E-state index contributed by atoms with van der Waals surface area (Å²) < 4.78 is 0. The Morgan fingerprint density at radius 2 is 1.74 bits per heavy atom. The molecule has 1 unspecified atom stereocenters. The van der Waals surface area contributed by atoms with Gasteiger partial charge in [0.25, 0.3) is 0 Å². The lowest BCUT2D eigenvalue weighted by molar-refractivity contribution is -0.132. The summed E-state index contributed by atoms with van der Waals surface area (Å²) in [5.41, 5.74) is 8.74. The monoisotopic (exact) mass is 308 g/mol. The first-order valence-electron chi connectivity index (χ1n) is 8.43. The van der Waals surface area contributed by atoms with Crippen molar-refractivity contribution in [3.05, 3.63) is 65.7 Å². The predicted molar refractivity (Wildman–Crippen MR) is 93.9 cm³/mol. The van der Waals surface area contributed by atoms with E-state index in [4.69, 9.17) is 5.73 Å². The van der Waals surface area contributed by atoms with E-state index in [0.29, 0.717) is 6.42 Å². The van der Waals surface area contributed by atoms with Gasteiger partial charge >= 0.3 is 0 Å². The molecule has 1 heterocycles. The average molecular weight is 308 g/mol. The molecule has 1 atom stereocenters. The van der Waals surface area contributed by atoms with Gasteiger partial charge in [-0.25, -0.2) is 0 Å². The van der Waals surface area contributed by atoms with Gasteiger partial charge in [-0.2, -0.15) is 0 Å². The predicted octanol–water partition coefficient (Wildman–Crippen LogP) is 3.96. The van der Waals surface area contributed by atoms with Crippen LogP contribution >= 0.6 is 0 Å². The van der Waals surface area contributed by atoms with Gasteiger partial charge in [-0.3, -0.25) is 4.79 Å². The highest BCUT2D eigenvalue weighted by atomic mass is 16.2. The minimum atomic E-state index is 0.208. The molecule has 3 heteroatoms. The number of nitrogens with two attached hydrogens (primary N) is 1. The largest absolute Gasteiger partial charge is 0.399 e. The molecule has 1 fully saturated rings. The summed E-state index contributed by atoms with van der Waals surface area (Å²) >= 11 is 0. The van der Waals surface area contributed by atoms with Crippen molar-refractivity contribution in [3.63, 3.8) is 0 Å². The molecular weight excluding hydrogens is 284 g/mol. The van der Waals surface area contributed by atoms with Gasteiger partial charge in [0.1, 0.15) is 0 Å². The molecule has 1 amide bonds. The second kappa shape index (κ2) is 7.32. The molecule has 0 spiro atoms. The molecular formula is C20H24N2O. The van der Waals surface area contributed by atoms with E-state index in [-0.39, 0.29) is 11.9 Å². The van der Waals surface area contributed by atoms with Gasteiger partial charge in [-0.15, -0.1) is 0 Å². The van der Waals surface area contributed by atoms with Crippen molar-refractivity contribution in [2.75, 3.05) is 12.3 Å². The van der Waals surface area contributed by atoms with Crippen LogP contribution in [0.2, 0.25) is 0 Å². The number of carbonyl (C=O) groups is 1. The number of anilines is 1. The Balaban J connectivity index is 1.78. The lowest BCUT2D eigenvalue weighted by Crippen LogP contribution is -2.35. The Morgan fingerprint density at radius 1 is 1.00 bits per heavy atom. The van der Waals surface area contributed by atoms with Crippen LogP contribution in [0.5, 0.6) is 0 Å². The molecule has 1 aliphatic rings. The van der Waals surface area contributed by atoms with Gasteiger partial charge in [0.15, 0.2) is 0 Å². The van der Waals surface area contributed by atoms with Gasteiger partial charge in [-0.1, -0.05) is 55.3 Å². The highest BCUT2D eigenvalue weighted by Crippen LogP contribution is 2.30. The fourth-order valence-electron chi connectivity index (χ4n) is 3.34. The fourth-order valence-corrected chi connectivity index (χ4v) is 3.34. The van der Waals surface area contributed by atoms with Crippen LogP contribution in [0.25, 0.3) is 0 Å². The Bertz CT molecular complexity index is 636. The van der Waals surface area contributed by atoms with Gasteiger partial charge in [-0.05, 0) is 36.1 Å². The van der Waals surface area contributed by atoms with E-state index < -0.39 is 0 Å². The molecule has 0 aromatic heterocycles. The molecule has 0 radical (unpaired) electrons. The first-order valence-corrected chi connectivity index (χ1v) is 8.43. The van der Waals surface area contributed by atoms with Crippen molar-refractivity contribution in [1.82, 2.24) is 4.90 Å². The van der Waals surface area contributed by atoms with Crippen molar-refractivity contribution in [3.8, 4) is 0 Å². The SMILES string of the molecule is Nc1ccc(CC(=O)N2CCCCCC2c2ccccc2)cc1. The fraction of sp³-hybridized carbons (Fsp3) is 0.350. The van der Waals surface area contributed by atoms with Crippen LogP contribution in [0.15, 0.2) is 54.6 Å². The third kappa shape index (κ3) is 3.92. The standard InChI is InChI=1S/C20H24N2O/c21-18-12-10-16(11-13-18)15-20(23)22-14-6-2-5-9-19(22)17-7-3-1-4-8-17/h1,3-4,7-8,10-13,19H,2,5-6,9,14-15,21H2. The summed E-state index contributed by atoms with van der Waals surface area (Å²) in [6.45, 7) is 0.855. The van der Waals surface area contributed by atoms with Crippen LogP contribution < -0.4 is 5.73 Å². The van der Waals surface area contributed by atoms with E-state index in [9.17, 15) is 4.79 Å². The molecule has 3 nitrogen and oxygen atoms in total. The molecule has 3 rings (SSSR count). The topological polar surface area (TPSA) is 46.3 Å². The Morgan fingerprint density at radius 3 is 2.48 bits per heavy atom. The highest BCUT2D eigenvalue weighted by molar-refractivity contribution is 5.79. The molecule has 1 aliphatic heterocycles. The van der Waals surface area contributed by atoms with E-state index in [1.807, 2.05) is 30.3 Å². The molecule has 1 saturated heterocycles. The number of likely N-dealkylation sites (tertiary alicyclic amines) is 1. The molecule has 0 saturated carbocycles. The normalized spacial score (nSPS) is 18.4. The Labute approximate surface area is 138 Å². The molecule has 0 aliphatic carbocycles. The Kier molecular flexibility index (Phi) is 4.96. The zero-order valence-electron chi connectivity index (χ0n) is 13.4. The third-order valence-electron chi connectivity index (χ3n) is 4.59. The summed E-state index contributed by atoms with van der Waals surface area (Å²) in [5, 5.41) is 0.